The summed E-state index contributed by atoms with van der Waals surface area (Å²) in [5.74, 6) is -0.963. The molecule has 33 heavy (non-hydrogen) atoms. The number of alkyl halides is 6. The van der Waals surface area contributed by atoms with E-state index < -0.39 is 35.0 Å². The quantitative estimate of drug-likeness (QED) is 0.510. The van der Waals surface area contributed by atoms with Gasteiger partial charge < -0.3 is 14.6 Å². The van der Waals surface area contributed by atoms with Crippen LogP contribution in [0.15, 0.2) is 46.9 Å². The third-order valence-corrected chi connectivity index (χ3v) is 5.57. The van der Waals surface area contributed by atoms with Crippen molar-refractivity contribution in [1.82, 2.24) is 10.3 Å². The Labute approximate surface area is 184 Å². The van der Waals surface area contributed by atoms with Crippen LogP contribution in [0.25, 0.3) is 11.1 Å². The summed E-state index contributed by atoms with van der Waals surface area (Å²) in [6, 6.07) is 8.69. The number of amides is 1. The van der Waals surface area contributed by atoms with Gasteiger partial charge in [-0.2, -0.15) is 31.3 Å². The highest BCUT2D eigenvalue weighted by atomic mass is 19.4. The maximum atomic E-state index is 13.0. The molecule has 11 heteroatoms. The van der Waals surface area contributed by atoms with Gasteiger partial charge in [0.15, 0.2) is 5.58 Å². The number of rotatable bonds is 4. The van der Waals surface area contributed by atoms with Crippen LogP contribution in [0.2, 0.25) is 0 Å². The normalized spacial score (nSPS) is 15.8. The van der Waals surface area contributed by atoms with Gasteiger partial charge in [-0.1, -0.05) is 12.1 Å². The van der Waals surface area contributed by atoms with Crippen molar-refractivity contribution in [3.8, 4) is 0 Å². The number of oxazole rings is 1. The average molecular weight is 471 g/mol. The monoisotopic (exact) mass is 471 g/mol. The molecule has 3 aromatic rings. The van der Waals surface area contributed by atoms with Crippen LogP contribution in [0.3, 0.4) is 0 Å². The first-order chi connectivity index (χ1) is 15.5. The number of carbonyl (C=O) groups is 1. The molecule has 0 saturated carbocycles. The first-order valence-electron chi connectivity index (χ1n) is 10.2. The number of anilines is 1. The molecule has 0 unspecified atom stereocenters. The molecule has 5 nitrogen and oxygen atoms in total. The zero-order valence-corrected chi connectivity index (χ0v) is 17.1. The van der Waals surface area contributed by atoms with Gasteiger partial charge >= 0.3 is 12.4 Å². The molecular weight excluding hydrogens is 452 g/mol. The van der Waals surface area contributed by atoms with E-state index in [1.807, 2.05) is 29.2 Å². The molecule has 0 spiro atoms. The van der Waals surface area contributed by atoms with Crippen LogP contribution in [0.4, 0.5) is 32.4 Å². The largest absolute Gasteiger partial charge is 0.423 e. The molecule has 0 aliphatic carbocycles. The van der Waals surface area contributed by atoms with E-state index in [0.29, 0.717) is 49.7 Å². The fourth-order valence-corrected chi connectivity index (χ4v) is 3.75. The van der Waals surface area contributed by atoms with E-state index in [1.165, 1.54) is 0 Å². The molecule has 1 amide bonds. The zero-order chi connectivity index (χ0) is 23.8. The van der Waals surface area contributed by atoms with E-state index in [-0.39, 0.29) is 18.5 Å². The van der Waals surface area contributed by atoms with E-state index in [4.69, 9.17) is 4.42 Å². The predicted molar refractivity (Wildman–Crippen MR) is 108 cm³/mol. The summed E-state index contributed by atoms with van der Waals surface area (Å²) in [4.78, 5) is 18.7. The van der Waals surface area contributed by atoms with Crippen LogP contribution < -0.4 is 10.2 Å². The van der Waals surface area contributed by atoms with Crippen LogP contribution in [-0.2, 0) is 12.4 Å². The fraction of sp³-hybridized carbons (Fsp3) is 0.364. The van der Waals surface area contributed by atoms with Crippen molar-refractivity contribution in [2.45, 2.75) is 25.2 Å². The van der Waals surface area contributed by atoms with E-state index in [1.54, 1.807) is 0 Å². The molecule has 0 bridgehead atoms. The van der Waals surface area contributed by atoms with Gasteiger partial charge in [-0.15, -0.1) is 0 Å². The molecule has 0 radical (unpaired) electrons. The smallest absolute Gasteiger partial charge is 0.416 e. The van der Waals surface area contributed by atoms with E-state index in [9.17, 15) is 31.1 Å². The Morgan fingerprint density at radius 1 is 1.00 bits per heavy atom. The lowest BCUT2D eigenvalue weighted by atomic mass is 9.96. The lowest BCUT2D eigenvalue weighted by molar-refractivity contribution is -0.143. The molecule has 0 atom stereocenters. The molecule has 4 rings (SSSR count). The van der Waals surface area contributed by atoms with Crippen LogP contribution in [0.1, 0.15) is 34.3 Å². The Bertz CT molecular complexity index is 1080. The number of halogens is 6. The highest BCUT2D eigenvalue weighted by Crippen LogP contribution is 2.36. The third-order valence-electron chi connectivity index (χ3n) is 5.57. The van der Waals surface area contributed by atoms with Crippen molar-refractivity contribution in [3.05, 3.63) is 59.2 Å². The zero-order valence-electron chi connectivity index (χ0n) is 17.1. The van der Waals surface area contributed by atoms with Gasteiger partial charge in [0.25, 0.3) is 11.9 Å². The number of para-hydroxylation sites is 2. The summed E-state index contributed by atoms with van der Waals surface area (Å²) >= 11 is 0. The molecule has 1 aliphatic heterocycles. The Morgan fingerprint density at radius 3 is 2.18 bits per heavy atom. The van der Waals surface area contributed by atoms with Crippen molar-refractivity contribution in [2.24, 2.45) is 5.92 Å². The molecule has 1 aromatic heterocycles. The summed E-state index contributed by atoms with van der Waals surface area (Å²) in [5.41, 5.74) is -2.31. The maximum absolute atomic E-state index is 13.0. The minimum Gasteiger partial charge on any atom is -0.423 e. The van der Waals surface area contributed by atoms with Crippen molar-refractivity contribution >= 4 is 23.0 Å². The number of piperidine rings is 1. The molecule has 176 valence electrons. The first kappa shape index (κ1) is 22.9. The number of hydrogen-bond acceptors (Lipinski definition) is 4. The topological polar surface area (TPSA) is 58.4 Å². The SMILES string of the molecule is O=C(NCC1CCN(c2nc3ccccc3o2)CC1)c1cc(C(F)(F)F)cc(C(F)(F)F)c1. The van der Waals surface area contributed by atoms with Crippen LogP contribution in [0, 0.1) is 5.92 Å². The maximum Gasteiger partial charge on any atom is 0.416 e. The summed E-state index contributed by atoms with van der Waals surface area (Å²) in [6.45, 7) is 1.32. The van der Waals surface area contributed by atoms with Gasteiger partial charge in [-0.25, -0.2) is 0 Å². The summed E-state index contributed by atoms with van der Waals surface area (Å²) in [5, 5.41) is 2.47. The van der Waals surface area contributed by atoms with E-state index in [0.717, 1.165) is 5.52 Å². The summed E-state index contributed by atoms with van der Waals surface area (Å²) in [7, 11) is 0. The van der Waals surface area contributed by atoms with Crippen LogP contribution >= 0.6 is 0 Å². The minimum atomic E-state index is -5.01. The Balaban J connectivity index is 1.37. The summed E-state index contributed by atoms with van der Waals surface area (Å²) < 4.78 is 83.8. The van der Waals surface area contributed by atoms with Gasteiger partial charge in [0.1, 0.15) is 5.52 Å². The average Bonchev–Trinajstić information content (AvgIpc) is 3.20. The lowest BCUT2D eigenvalue weighted by Gasteiger charge is -2.30. The first-order valence-corrected chi connectivity index (χ1v) is 10.2. The second-order valence-electron chi connectivity index (χ2n) is 7.90. The fourth-order valence-electron chi connectivity index (χ4n) is 3.75. The van der Waals surface area contributed by atoms with E-state index in [2.05, 4.69) is 10.3 Å². The molecule has 1 saturated heterocycles. The number of nitrogens with one attached hydrogen (secondary N) is 1. The van der Waals surface area contributed by atoms with Crippen LogP contribution in [-0.4, -0.2) is 30.5 Å². The van der Waals surface area contributed by atoms with E-state index >= 15 is 0 Å². The van der Waals surface area contributed by atoms with Gasteiger partial charge in [-0.05, 0) is 49.1 Å². The second-order valence-corrected chi connectivity index (χ2v) is 7.90. The molecule has 1 N–H and O–H groups in total. The molecular formula is C22H19F6N3O2. The molecule has 1 fully saturated rings. The van der Waals surface area contributed by atoms with Crippen molar-refractivity contribution in [3.63, 3.8) is 0 Å². The van der Waals surface area contributed by atoms with Gasteiger partial charge in [-0.3, -0.25) is 4.79 Å². The number of aromatic nitrogens is 1. The van der Waals surface area contributed by atoms with Gasteiger partial charge in [0.2, 0.25) is 0 Å². The summed E-state index contributed by atoms with van der Waals surface area (Å²) in [6.07, 6.45) is -8.72. The highest BCUT2D eigenvalue weighted by Gasteiger charge is 2.37. The Morgan fingerprint density at radius 2 is 1.61 bits per heavy atom. The van der Waals surface area contributed by atoms with Crippen molar-refractivity contribution < 1.29 is 35.6 Å². The van der Waals surface area contributed by atoms with Crippen molar-refractivity contribution in [1.29, 1.82) is 0 Å². The Kier molecular flexibility index (Phi) is 5.98. The molecule has 2 aromatic carbocycles. The van der Waals surface area contributed by atoms with Gasteiger partial charge in [0.05, 0.1) is 11.1 Å². The minimum absolute atomic E-state index is 0.00139. The number of nitrogens with zero attached hydrogens (tertiary/aromatic N) is 2. The third kappa shape index (κ3) is 5.23. The number of fused-ring (bicyclic) bond motifs is 1. The number of carbonyl (C=O) groups excluding carboxylic acids is 1. The highest BCUT2D eigenvalue weighted by molar-refractivity contribution is 5.94. The standard InChI is InChI=1S/C22H19F6N3O2/c23-21(24,25)15-9-14(10-16(11-15)22(26,27)28)19(32)29-12-13-5-7-31(8-6-13)20-30-17-3-1-2-4-18(17)33-20/h1-4,9-11,13H,5-8,12H2,(H,29,32). The lowest BCUT2D eigenvalue weighted by Crippen LogP contribution is -2.39. The van der Waals surface area contributed by atoms with Gasteiger partial charge in [0, 0.05) is 25.2 Å². The van der Waals surface area contributed by atoms with Crippen molar-refractivity contribution in [2.75, 3.05) is 24.5 Å². The molecule has 1 aliphatic rings. The Hall–Kier alpha value is -3.24. The van der Waals surface area contributed by atoms with Crippen LogP contribution in [0.5, 0.6) is 0 Å². The number of hydrogen-bond donors (Lipinski definition) is 1. The second kappa shape index (κ2) is 8.60. The molecule has 2 heterocycles. The predicted octanol–water partition coefficient (Wildman–Crippen LogP) is 5.51. The number of benzene rings is 2.